The fourth-order valence-electron chi connectivity index (χ4n) is 4.18. The summed E-state index contributed by atoms with van der Waals surface area (Å²) in [4.78, 5) is 27.3. The summed E-state index contributed by atoms with van der Waals surface area (Å²) in [6, 6.07) is 18.5. The van der Waals surface area contributed by atoms with E-state index in [4.69, 9.17) is 4.98 Å². The van der Waals surface area contributed by atoms with Gasteiger partial charge in [0.05, 0.1) is 5.39 Å². The third-order valence-corrected chi connectivity index (χ3v) is 5.56. The van der Waals surface area contributed by atoms with Crippen molar-refractivity contribution in [2.24, 2.45) is 0 Å². The molecule has 0 aliphatic carbocycles. The van der Waals surface area contributed by atoms with Gasteiger partial charge in [-0.3, -0.25) is 9.78 Å². The summed E-state index contributed by atoms with van der Waals surface area (Å²) in [5.74, 6) is 0.539. The number of rotatable bonds is 3. The van der Waals surface area contributed by atoms with Crippen LogP contribution in [-0.2, 0) is 6.42 Å². The van der Waals surface area contributed by atoms with E-state index in [-0.39, 0.29) is 11.6 Å². The van der Waals surface area contributed by atoms with Gasteiger partial charge < -0.3 is 4.90 Å². The largest absolute Gasteiger partial charge is 0.309 e. The number of pyridine rings is 1. The SMILES string of the molecule is Cc1cccc(/C=C/c2ccnc3nc(N4c5ccccc5C[C@@H]4C)[nH]c(=O)c23)c1. The normalized spacial score (nSPS) is 15.8. The maximum atomic E-state index is 13.1. The quantitative estimate of drug-likeness (QED) is 0.538. The molecule has 3 heterocycles. The smallest absolute Gasteiger partial charge is 0.262 e. The molecule has 0 amide bonds. The van der Waals surface area contributed by atoms with Crippen molar-refractivity contribution in [2.45, 2.75) is 26.3 Å². The maximum absolute atomic E-state index is 13.1. The highest BCUT2D eigenvalue weighted by Gasteiger charge is 2.28. The van der Waals surface area contributed by atoms with Gasteiger partial charge >= 0.3 is 0 Å². The van der Waals surface area contributed by atoms with Crippen LogP contribution in [0, 0.1) is 6.92 Å². The molecule has 0 saturated heterocycles. The Kier molecular flexibility index (Phi) is 4.43. The number of para-hydroxylation sites is 1. The van der Waals surface area contributed by atoms with Crippen LogP contribution < -0.4 is 10.5 Å². The average molecular weight is 394 g/mol. The number of fused-ring (bicyclic) bond motifs is 2. The zero-order valence-corrected chi connectivity index (χ0v) is 17.0. The minimum absolute atomic E-state index is 0.177. The van der Waals surface area contributed by atoms with Gasteiger partial charge in [-0.1, -0.05) is 60.2 Å². The first-order chi connectivity index (χ1) is 14.6. The van der Waals surface area contributed by atoms with Crippen molar-refractivity contribution in [3.63, 3.8) is 0 Å². The molecule has 1 atom stereocenters. The molecule has 1 N–H and O–H groups in total. The number of hydrogen-bond donors (Lipinski definition) is 1. The molecule has 1 aliphatic heterocycles. The van der Waals surface area contributed by atoms with Gasteiger partial charge in [-0.2, -0.15) is 4.98 Å². The first-order valence-corrected chi connectivity index (χ1v) is 10.1. The molecule has 5 rings (SSSR count). The number of aromatic amines is 1. The third-order valence-electron chi connectivity index (χ3n) is 5.56. The minimum Gasteiger partial charge on any atom is -0.309 e. The molecule has 30 heavy (non-hydrogen) atoms. The molecule has 0 fully saturated rings. The van der Waals surface area contributed by atoms with Crippen LogP contribution in [-0.4, -0.2) is 21.0 Å². The van der Waals surface area contributed by atoms with Gasteiger partial charge in [-0.15, -0.1) is 0 Å². The molecule has 2 aromatic heterocycles. The molecule has 4 aromatic rings. The van der Waals surface area contributed by atoms with Crippen molar-refractivity contribution in [3.8, 4) is 0 Å². The fraction of sp³-hybridized carbons (Fsp3) is 0.160. The summed E-state index contributed by atoms with van der Waals surface area (Å²) in [5, 5.41) is 0.505. The molecule has 1 aliphatic rings. The first kappa shape index (κ1) is 18.3. The molecule has 5 nitrogen and oxygen atoms in total. The Hall–Kier alpha value is -3.73. The van der Waals surface area contributed by atoms with Gasteiger partial charge in [-0.05, 0) is 49.1 Å². The standard InChI is InChI=1S/C25H22N4O/c1-16-6-5-7-18(14-16)10-11-19-12-13-26-23-22(19)24(30)28-25(27-23)29-17(2)15-20-8-3-4-9-21(20)29/h3-14,17H,15H2,1-2H3,(H,26,27,28,30)/b11-10+/t17-/m0/s1. The summed E-state index contributed by atoms with van der Waals surface area (Å²) >= 11 is 0. The number of aromatic nitrogens is 3. The highest BCUT2D eigenvalue weighted by atomic mass is 16.1. The predicted octanol–water partition coefficient (Wildman–Crippen LogP) is 4.88. The Balaban J connectivity index is 1.59. The van der Waals surface area contributed by atoms with Gasteiger partial charge in [-0.25, -0.2) is 4.98 Å². The monoisotopic (exact) mass is 394 g/mol. The lowest BCUT2D eigenvalue weighted by atomic mass is 10.1. The van der Waals surface area contributed by atoms with Crippen molar-refractivity contribution in [1.29, 1.82) is 0 Å². The van der Waals surface area contributed by atoms with Gasteiger partial charge in [0.25, 0.3) is 5.56 Å². The second kappa shape index (κ2) is 7.26. The van der Waals surface area contributed by atoms with E-state index >= 15 is 0 Å². The molecule has 0 spiro atoms. The van der Waals surface area contributed by atoms with Crippen LogP contribution in [0.5, 0.6) is 0 Å². The van der Waals surface area contributed by atoms with Crippen LogP contribution >= 0.6 is 0 Å². The zero-order valence-electron chi connectivity index (χ0n) is 17.0. The van der Waals surface area contributed by atoms with Crippen LogP contribution in [0.3, 0.4) is 0 Å². The van der Waals surface area contributed by atoms with E-state index in [1.54, 1.807) is 6.20 Å². The van der Waals surface area contributed by atoms with Gasteiger partial charge in [0, 0.05) is 17.9 Å². The molecule has 2 aromatic carbocycles. The number of aryl methyl sites for hydroxylation is 1. The Morgan fingerprint density at radius 3 is 2.83 bits per heavy atom. The van der Waals surface area contributed by atoms with Crippen LogP contribution in [0.4, 0.5) is 11.6 Å². The second-order valence-electron chi connectivity index (χ2n) is 7.79. The number of nitrogens with zero attached hydrogens (tertiary/aromatic N) is 3. The Labute approximate surface area is 174 Å². The van der Waals surface area contributed by atoms with Crippen LogP contribution in [0.1, 0.15) is 29.2 Å². The second-order valence-corrected chi connectivity index (χ2v) is 7.79. The topological polar surface area (TPSA) is 61.9 Å². The Morgan fingerprint density at radius 2 is 1.97 bits per heavy atom. The molecular weight excluding hydrogens is 372 g/mol. The Morgan fingerprint density at radius 1 is 1.10 bits per heavy atom. The lowest BCUT2D eigenvalue weighted by Crippen LogP contribution is -2.28. The maximum Gasteiger partial charge on any atom is 0.262 e. The van der Waals surface area contributed by atoms with Crippen molar-refractivity contribution in [3.05, 3.63) is 93.4 Å². The third kappa shape index (κ3) is 3.18. The summed E-state index contributed by atoms with van der Waals surface area (Å²) in [7, 11) is 0. The molecule has 0 saturated carbocycles. The number of anilines is 2. The highest BCUT2D eigenvalue weighted by Crippen LogP contribution is 2.36. The average Bonchev–Trinajstić information content (AvgIpc) is 3.07. The molecule has 0 unspecified atom stereocenters. The van der Waals surface area contributed by atoms with E-state index in [0.29, 0.717) is 17.0 Å². The van der Waals surface area contributed by atoms with Crippen LogP contribution in [0.25, 0.3) is 23.2 Å². The van der Waals surface area contributed by atoms with Crippen LogP contribution in [0.15, 0.2) is 65.6 Å². The Bertz CT molecular complexity index is 1340. The molecule has 0 radical (unpaired) electrons. The van der Waals surface area contributed by atoms with Crippen molar-refractivity contribution < 1.29 is 0 Å². The molecule has 5 heteroatoms. The van der Waals surface area contributed by atoms with Gasteiger partial charge in [0.15, 0.2) is 5.65 Å². The summed E-state index contributed by atoms with van der Waals surface area (Å²) in [6.07, 6.45) is 6.58. The van der Waals surface area contributed by atoms with Gasteiger partial charge in [0.1, 0.15) is 0 Å². The lowest BCUT2D eigenvalue weighted by molar-refractivity contribution is 0.740. The van der Waals surface area contributed by atoms with E-state index in [2.05, 4.69) is 53.0 Å². The van der Waals surface area contributed by atoms with E-state index < -0.39 is 0 Å². The van der Waals surface area contributed by atoms with E-state index in [1.807, 2.05) is 42.5 Å². The predicted molar refractivity (Wildman–Crippen MR) is 122 cm³/mol. The number of nitrogens with one attached hydrogen (secondary N) is 1. The fourth-order valence-corrected chi connectivity index (χ4v) is 4.18. The van der Waals surface area contributed by atoms with E-state index in [0.717, 1.165) is 23.2 Å². The van der Waals surface area contributed by atoms with Crippen molar-refractivity contribution in [2.75, 3.05) is 4.90 Å². The van der Waals surface area contributed by atoms with E-state index in [1.165, 1.54) is 11.1 Å². The summed E-state index contributed by atoms with van der Waals surface area (Å²) in [6.45, 7) is 4.20. The van der Waals surface area contributed by atoms with Crippen molar-refractivity contribution >= 4 is 34.8 Å². The summed E-state index contributed by atoms with van der Waals surface area (Å²) in [5.41, 5.74) is 5.71. The number of benzene rings is 2. The number of H-pyrrole nitrogens is 1. The molecular formula is C25H22N4O. The van der Waals surface area contributed by atoms with Gasteiger partial charge in [0.2, 0.25) is 5.95 Å². The summed E-state index contributed by atoms with van der Waals surface area (Å²) < 4.78 is 0. The minimum atomic E-state index is -0.177. The highest BCUT2D eigenvalue weighted by molar-refractivity contribution is 5.88. The number of hydrogen-bond acceptors (Lipinski definition) is 4. The van der Waals surface area contributed by atoms with Crippen molar-refractivity contribution in [1.82, 2.24) is 15.0 Å². The molecule has 0 bridgehead atoms. The lowest BCUT2D eigenvalue weighted by Gasteiger charge is -2.23. The van der Waals surface area contributed by atoms with E-state index in [9.17, 15) is 4.79 Å². The van der Waals surface area contributed by atoms with Crippen LogP contribution in [0.2, 0.25) is 0 Å². The zero-order chi connectivity index (χ0) is 20.7. The molecule has 148 valence electrons. The first-order valence-electron chi connectivity index (χ1n) is 10.1.